The van der Waals surface area contributed by atoms with Crippen LogP contribution in [0.25, 0.3) is 16.9 Å². The lowest BCUT2D eigenvalue weighted by atomic mass is 10.1. The van der Waals surface area contributed by atoms with E-state index in [2.05, 4.69) is 5.10 Å². The molecule has 7 nitrogen and oxygen atoms in total. The first kappa shape index (κ1) is 16.7. The number of carbonyl (C=O) groups excluding carboxylic acids is 1. The molecule has 1 aromatic heterocycles. The van der Waals surface area contributed by atoms with Crippen molar-refractivity contribution in [3.8, 4) is 16.9 Å². The molecular formula is C17H12ClN3O4. The Morgan fingerprint density at radius 3 is 2.56 bits per heavy atom. The predicted molar refractivity (Wildman–Crippen MR) is 92.0 cm³/mol. The molecule has 0 radical (unpaired) electrons. The molecule has 0 atom stereocenters. The lowest BCUT2D eigenvalue weighted by molar-refractivity contribution is -0.384. The van der Waals surface area contributed by atoms with E-state index in [1.807, 2.05) is 0 Å². The van der Waals surface area contributed by atoms with Gasteiger partial charge in [0.2, 0.25) is 0 Å². The predicted octanol–water partition coefficient (Wildman–Crippen LogP) is 3.89. The Bertz CT molecular complexity index is 968. The molecule has 25 heavy (non-hydrogen) atoms. The van der Waals surface area contributed by atoms with E-state index in [0.717, 1.165) is 0 Å². The Morgan fingerprint density at radius 1 is 1.20 bits per heavy atom. The number of methoxy groups -OCH3 is 1. The number of para-hydroxylation sites is 2. The molecule has 0 fully saturated rings. The van der Waals surface area contributed by atoms with Crippen LogP contribution in [0.3, 0.4) is 0 Å². The second-order valence-electron chi connectivity index (χ2n) is 5.04. The van der Waals surface area contributed by atoms with Crippen LogP contribution in [-0.2, 0) is 4.74 Å². The smallest absolute Gasteiger partial charge is 0.341 e. The highest BCUT2D eigenvalue weighted by atomic mass is 35.5. The van der Waals surface area contributed by atoms with Crippen molar-refractivity contribution in [3.63, 3.8) is 0 Å². The summed E-state index contributed by atoms with van der Waals surface area (Å²) in [7, 11) is 1.23. The van der Waals surface area contributed by atoms with Crippen LogP contribution in [0.5, 0.6) is 0 Å². The van der Waals surface area contributed by atoms with Crippen LogP contribution in [0.15, 0.2) is 54.7 Å². The van der Waals surface area contributed by atoms with Crippen LogP contribution in [0, 0.1) is 10.1 Å². The fourth-order valence-electron chi connectivity index (χ4n) is 2.51. The molecule has 0 aliphatic heterocycles. The Kier molecular flexibility index (Phi) is 4.49. The molecule has 126 valence electrons. The third-order valence-electron chi connectivity index (χ3n) is 3.61. The summed E-state index contributed by atoms with van der Waals surface area (Å²) >= 11 is 6.23. The van der Waals surface area contributed by atoms with E-state index in [1.165, 1.54) is 24.1 Å². The van der Waals surface area contributed by atoms with Crippen molar-refractivity contribution in [2.45, 2.75) is 0 Å². The van der Waals surface area contributed by atoms with Crippen LogP contribution in [0.4, 0.5) is 5.69 Å². The van der Waals surface area contributed by atoms with Gasteiger partial charge >= 0.3 is 5.97 Å². The van der Waals surface area contributed by atoms with Gasteiger partial charge in [0.15, 0.2) is 0 Å². The summed E-state index contributed by atoms with van der Waals surface area (Å²) in [6.45, 7) is 0. The van der Waals surface area contributed by atoms with Crippen molar-refractivity contribution in [2.75, 3.05) is 7.11 Å². The van der Waals surface area contributed by atoms with Crippen LogP contribution in [-0.4, -0.2) is 27.8 Å². The zero-order chi connectivity index (χ0) is 18.0. The van der Waals surface area contributed by atoms with E-state index in [9.17, 15) is 14.9 Å². The Labute approximate surface area is 147 Å². The highest BCUT2D eigenvalue weighted by Crippen LogP contribution is 2.35. The van der Waals surface area contributed by atoms with E-state index < -0.39 is 10.9 Å². The lowest BCUT2D eigenvalue weighted by Crippen LogP contribution is -2.06. The van der Waals surface area contributed by atoms with Crippen molar-refractivity contribution in [1.82, 2.24) is 9.78 Å². The summed E-state index contributed by atoms with van der Waals surface area (Å²) in [5.74, 6) is -0.647. The van der Waals surface area contributed by atoms with Crippen molar-refractivity contribution in [2.24, 2.45) is 0 Å². The molecule has 0 saturated heterocycles. The largest absolute Gasteiger partial charge is 0.465 e. The van der Waals surface area contributed by atoms with Crippen molar-refractivity contribution < 1.29 is 14.5 Å². The summed E-state index contributed by atoms with van der Waals surface area (Å²) in [6.07, 6.45) is 1.31. The molecule has 3 rings (SSSR count). The van der Waals surface area contributed by atoms with E-state index in [4.69, 9.17) is 16.3 Å². The van der Waals surface area contributed by atoms with Gasteiger partial charge in [0.1, 0.15) is 5.56 Å². The van der Waals surface area contributed by atoms with Crippen LogP contribution in [0.1, 0.15) is 10.4 Å². The molecule has 0 aliphatic carbocycles. The Balaban J connectivity index is 2.35. The number of rotatable bonds is 4. The van der Waals surface area contributed by atoms with Gasteiger partial charge < -0.3 is 4.74 Å². The molecule has 2 aromatic carbocycles. The molecule has 0 N–H and O–H groups in total. The van der Waals surface area contributed by atoms with Gasteiger partial charge in [-0.1, -0.05) is 35.9 Å². The van der Waals surface area contributed by atoms with Crippen molar-refractivity contribution in [3.05, 3.63) is 75.4 Å². The zero-order valence-corrected chi connectivity index (χ0v) is 13.8. The number of ether oxygens (including phenoxy) is 1. The van der Waals surface area contributed by atoms with Gasteiger partial charge in [-0.3, -0.25) is 10.1 Å². The minimum absolute atomic E-state index is 0.108. The summed E-state index contributed by atoms with van der Waals surface area (Å²) in [5.41, 5.74) is 0.934. The summed E-state index contributed by atoms with van der Waals surface area (Å²) in [5, 5.41) is 16.0. The summed E-state index contributed by atoms with van der Waals surface area (Å²) < 4.78 is 6.18. The molecule has 1 heterocycles. The Hall–Kier alpha value is -3.19. The number of hydrogen-bond donors (Lipinski definition) is 0. The maximum atomic E-state index is 12.1. The van der Waals surface area contributed by atoms with Gasteiger partial charge in [0, 0.05) is 6.07 Å². The highest BCUT2D eigenvalue weighted by Gasteiger charge is 2.26. The van der Waals surface area contributed by atoms with E-state index in [-0.39, 0.29) is 22.5 Å². The third kappa shape index (κ3) is 2.97. The van der Waals surface area contributed by atoms with Gasteiger partial charge in [-0.15, -0.1) is 0 Å². The second-order valence-corrected chi connectivity index (χ2v) is 5.44. The quantitative estimate of drug-likeness (QED) is 0.401. The van der Waals surface area contributed by atoms with Crippen LogP contribution >= 0.6 is 11.6 Å². The standard InChI is InChI=1S/C17H12ClN3O4/c1-25-17(22)12-10-19-20(15-9-5-3-7-13(15)18)16(12)11-6-2-4-8-14(11)21(23)24/h2-10H,1H3. The number of nitrogens with zero attached hydrogens (tertiary/aromatic N) is 3. The monoisotopic (exact) mass is 357 g/mol. The lowest BCUT2D eigenvalue weighted by Gasteiger charge is -2.11. The average molecular weight is 358 g/mol. The molecule has 0 amide bonds. The number of nitro benzene ring substituents is 1. The number of nitro groups is 1. The topological polar surface area (TPSA) is 87.3 Å². The van der Waals surface area contributed by atoms with Gasteiger partial charge in [0.05, 0.1) is 40.2 Å². The van der Waals surface area contributed by atoms with Gasteiger partial charge in [-0.2, -0.15) is 5.10 Å². The maximum Gasteiger partial charge on any atom is 0.341 e. The Morgan fingerprint density at radius 2 is 1.88 bits per heavy atom. The molecule has 0 saturated carbocycles. The van der Waals surface area contributed by atoms with Crippen LogP contribution in [0.2, 0.25) is 5.02 Å². The average Bonchev–Trinajstić information content (AvgIpc) is 3.06. The number of esters is 1. The molecule has 0 bridgehead atoms. The maximum absolute atomic E-state index is 12.1. The zero-order valence-electron chi connectivity index (χ0n) is 13.0. The number of halogens is 1. The first-order chi connectivity index (χ1) is 12.0. The van der Waals surface area contributed by atoms with Crippen molar-refractivity contribution >= 4 is 23.3 Å². The third-order valence-corrected chi connectivity index (χ3v) is 3.93. The second kappa shape index (κ2) is 6.74. The van der Waals surface area contributed by atoms with Gasteiger partial charge in [-0.25, -0.2) is 9.48 Å². The van der Waals surface area contributed by atoms with Crippen LogP contribution < -0.4 is 0 Å². The first-order valence-electron chi connectivity index (χ1n) is 7.19. The highest BCUT2D eigenvalue weighted by molar-refractivity contribution is 6.32. The molecular weight excluding hydrogens is 346 g/mol. The minimum Gasteiger partial charge on any atom is -0.465 e. The SMILES string of the molecule is COC(=O)c1cnn(-c2ccccc2Cl)c1-c1ccccc1[N+](=O)[O-]. The number of carbonyl (C=O) groups is 1. The molecule has 0 unspecified atom stereocenters. The molecule has 0 spiro atoms. The number of aromatic nitrogens is 2. The van der Waals surface area contributed by atoms with Gasteiger partial charge in [0.25, 0.3) is 5.69 Å². The minimum atomic E-state index is -0.647. The number of hydrogen-bond acceptors (Lipinski definition) is 5. The first-order valence-corrected chi connectivity index (χ1v) is 7.57. The van der Waals surface area contributed by atoms with E-state index in [1.54, 1.807) is 42.5 Å². The fourth-order valence-corrected chi connectivity index (χ4v) is 2.72. The fraction of sp³-hybridized carbons (Fsp3) is 0.0588. The summed E-state index contributed by atoms with van der Waals surface area (Å²) in [6, 6.07) is 13.0. The molecule has 8 heteroatoms. The normalized spacial score (nSPS) is 10.5. The number of benzene rings is 2. The molecule has 3 aromatic rings. The van der Waals surface area contributed by atoms with E-state index in [0.29, 0.717) is 10.7 Å². The van der Waals surface area contributed by atoms with Crippen molar-refractivity contribution in [1.29, 1.82) is 0 Å². The van der Waals surface area contributed by atoms with E-state index >= 15 is 0 Å². The van der Waals surface area contributed by atoms with Gasteiger partial charge in [-0.05, 0) is 18.2 Å². The summed E-state index contributed by atoms with van der Waals surface area (Å²) in [4.78, 5) is 23.0. The molecule has 0 aliphatic rings.